The summed E-state index contributed by atoms with van der Waals surface area (Å²) >= 11 is 0. The Morgan fingerprint density at radius 2 is 1.80 bits per heavy atom. The first kappa shape index (κ1) is 29.6. The van der Waals surface area contributed by atoms with Crippen LogP contribution in [0.5, 0.6) is 5.75 Å². The quantitative estimate of drug-likeness (QED) is 0.416. The summed E-state index contributed by atoms with van der Waals surface area (Å²) in [5.41, 5.74) is 1.74. The van der Waals surface area contributed by atoms with Crippen LogP contribution in [0.15, 0.2) is 65.3 Å². The van der Waals surface area contributed by atoms with E-state index in [1.165, 1.54) is 23.5 Å². The molecule has 0 aliphatic carbocycles. The zero-order chi connectivity index (χ0) is 28.5. The highest BCUT2D eigenvalue weighted by Gasteiger charge is 2.32. The summed E-state index contributed by atoms with van der Waals surface area (Å²) in [4.78, 5) is 15.2. The molecule has 0 bridgehead atoms. The van der Waals surface area contributed by atoms with Crippen molar-refractivity contribution in [3.8, 4) is 18.1 Å². The normalized spacial score (nSPS) is 19.4. The number of allylic oxidation sites excluding steroid dienone is 1. The highest BCUT2D eigenvalue weighted by atomic mass is 32.2. The van der Waals surface area contributed by atoms with Gasteiger partial charge in [-0.25, -0.2) is 8.42 Å². The molecule has 2 aromatic rings. The highest BCUT2D eigenvalue weighted by molar-refractivity contribution is 7.89. The van der Waals surface area contributed by atoms with Gasteiger partial charge in [-0.2, -0.15) is 4.31 Å². The van der Waals surface area contributed by atoms with E-state index in [0.29, 0.717) is 25.3 Å². The molecule has 0 saturated carbocycles. The summed E-state index contributed by atoms with van der Waals surface area (Å²) < 4.78 is 44.8. The number of hydrogen-bond donors (Lipinski definition) is 1. The van der Waals surface area contributed by atoms with Crippen molar-refractivity contribution in [1.82, 2.24) is 9.21 Å². The maximum Gasteiger partial charge on any atom is 0.288 e. The highest BCUT2D eigenvalue weighted by Crippen LogP contribution is 2.33. The lowest BCUT2D eigenvalue weighted by atomic mass is 9.92. The van der Waals surface area contributed by atoms with Gasteiger partial charge in [0.25, 0.3) is 5.91 Å². The SMILES string of the molecule is C#Cc1ccc([C@H]2C=C(C(=O)N3CCCCC3)O[C@@H](OCCN(CCO)S(=O)(=O)c3ccc(OC)cc3)C2)cc1. The van der Waals surface area contributed by atoms with Crippen molar-refractivity contribution in [3.63, 3.8) is 0 Å². The maximum atomic E-state index is 13.3. The number of carbonyl (C=O) groups is 1. The lowest BCUT2D eigenvalue weighted by molar-refractivity contribution is -0.153. The molecule has 0 spiro atoms. The van der Waals surface area contributed by atoms with Crippen LogP contribution >= 0.6 is 0 Å². The van der Waals surface area contributed by atoms with E-state index in [9.17, 15) is 18.3 Å². The smallest absolute Gasteiger partial charge is 0.288 e. The fourth-order valence-corrected chi connectivity index (χ4v) is 6.28. The van der Waals surface area contributed by atoms with Crippen LogP contribution in [-0.2, 0) is 24.3 Å². The molecule has 1 fully saturated rings. The second-order valence-electron chi connectivity index (χ2n) is 9.71. The van der Waals surface area contributed by atoms with E-state index in [-0.39, 0.29) is 48.8 Å². The van der Waals surface area contributed by atoms with Gasteiger partial charge in [-0.15, -0.1) is 6.42 Å². The predicted octanol–water partition coefficient (Wildman–Crippen LogP) is 3.10. The minimum atomic E-state index is -3.88. The molecule has 2 atom stereocenters. The first-order valence-corrected chi connectivity index (χ1v) is 14.9. The fraction of sp³-hybridized carbons (Fsp3) is 0.433. The van der Waals surface area contributed by atoms with E-state index in [4.69, 9.17) is 20.6 Å². The van der Waals surface area contributed by atoms with E-state index in [0.717, 1.165) is 30.4 Å². The summed E-state index contributed by atoms with van der Waals surface area (Å²) in [5.74, 6) is 3.08. The third-order valence-electron chi connectivity index (χ3n) is 7.11. The second-order valence-corrected chi connectivity index (χ2v) is 11.7. The Kier molecular flexibility index (Phi) is 10.2. The van der Waals surface area contributed by atoms with E-state index in [1.54, 1.807) is 17.0 Å². The molecule has 0 unspecified atom stereocenters. The molecular weight excluding hydrogens is 532 g/mol. The topological polar surface area (TPSA) is 106 Å². The van der Waals surface area contributed by atoms with Crippen LogP contribution in [0.4, 0.5) is 0 Å². The molecule has 10 heteroatoms. The Hall–Kier alpha value is -3.36. The largest absolute Gasteiger partial charge is 0.497 e. The number of hydrogen-bond acceptors (Lipinski definition) is 7. The average molecular weight is 569 g/mol. The first-order chi connectivity index (χ1) is 19.3. The van der Waals surface area contributed by atoms with Crippen molar-refractivity contribution in [2.24, 2.45) is 0 Å². The van der Waals surface area contributed by atoms with Crippen LogP contribution in [0.3, 0.4) is 0 Å². The van der Waals surface area contributed by atoms with E-state index in [2.05, 4.69) is 5.92 Å². The molecule has 1 amide bonds. The van der Waals surface area contributed by atoms with Gasteiger partial charge in [0, 0.05) is 44.1 Å². The van der Waals surface area contributed by atoms with Gasteiger partial charge in [0.05, 0.1) is 25.2 Å². The number of ether oxygens (including phenoxy) is 3. The second kappa shape index (κ2) is 13.8. The fourth-order valence-electron chi connectivity index (χ4n) is 4.87. The number of aliphatic hydroxyl groups excluding tert-OH is 1. The number of methoxy groups -OCH3 is 1. The zero-order valence-electron chi connectivity index (χ0n) is 22.7. The van der Waals surface area contributed by atoms with Crippen molar-refractivity contribution in [2.75, 3.05) is 46.5 Å². The van der Waals surface area contributed by atoms with Crippen molar-refractivity contribution >= 4 is 15.9 Å². The number of amides is 1. The van der Waals surface area contributed by atoms with E-state index >= 15 is 0 Å². The molecule has 40 heavy (non-hydrogen) atoms. The number of benzene rings is 2. The third kappa shape index (κ3) is 7.23. The molecule has 2 heterocycles. The lowest BCUT2D eigenvalue weighted by Gasteiger charge is -2.33. The molecule has 4 rings (SSSR count). The van der Waals surface area contributed by atoms with Crippen LogP contribution in [0.1, 0.15) is 42.7 Å². The van der Waals surface area contributed by atoms with Gasteiger partial charge in [-0.3, -0.25) is 4.79 Å². The predicted molar refractivity (Wildman–Crippen MR) is 150 cm³/mol. The molecule has 2 aliphatic rings. The minimum Gasteiger partial charge on any atom is -0.497 e. The summed E-state index contributed by atoms with van der Waals surface area (Å²) in [7, 11) is -2.38. The number of terminal acetylenes is 1. The summed E-state index contributed by atoms with van der Waals surface area (Å²) in [6, 6.07) is 13.7. The van der Waals surface area contributed by atoms with Gasteiger partial charge >= 0.3 is 0 Å². The number of likely N-dealkylation sites (tertiary alicyclic amines) is 1. The van der Waals surface area contributed by atoms with E-state index < -0.39 is 16.3 Å². The van der Waals surface area contributed by atoms with Crippen LogP contribution < -0.4 is 4.74 Å². The Morgan fingerprint density at radius 3 is 2.42 bits per heavy atom. The Labute approximate surface area is 236 Å². The average Bonchev–Trinajstić information content (AvgIpc) is 3.00. The van der Waals surface area contributed by atoms with Crippen LogP contribution in [0.25, 0.3) is 0 Å². The van der Waals surface area contributed by atoms with Crippen molar-refractivity contribution in [1.29, 1.82) is 0 Å². The Balaban J connectivity index is 1.47. The molecule has 0 radical (unpaired) electrons. The lowest BCUT2D eigenvalue weighted by Crippen LogP contribution is -2.40. The number of nitrogens with zero attached hydrogens (tertiary/aromatic N) is 2. The zero-order valence-corrected chi connectivity index (χ0v) is 23.5. The van der Waals surface area contributed by atoms with E-state index in [1.807, 2.05) is 30.3 Å². The summed E-state index contributed by atoms with van der Waals surface area (Å²) in [6.45, 7) is 0.940. The monoisotopic (exact) mass is 568 g/mol. The number of piperidine rings is 1. The van der Waals surface area contributed by atoms with Gasteiger partial charge in [0.1, 0.15) is 5.75 Å². The van der Waals surface area contributed by atoms with Crippen LogP contribution in [0.2, 0.25) is 0 Å². The van der Waals surface area contributed by atoms with Gasteiger partial charge < -0.3 is 24.2 Å². The molecule has 1 N–H and O–H groups in total. The number of carbonyl (C=O) groups excluding carboxylic acids is 1. The number of sulfonamides is 1. The summed E-state index contributed by atoms with van der Waals surface area (Å²) in [5, 5.41) is 9.54. The number of rotatable bonds is 11. The van der Waals surface area contributed by atoms with Gasteiger partial charge in [-0.1, -0.05) is 18.1 Å². The third-order valence-corrected chi connectivity index (χ3v) is 9.02. The molecule has 9 nitrogen and oxygen atoms in total. The van der Waals surface area contributed by atoms with Crippen LogP contribution in [0, 0.1) is 12.3 Å². The maximum absolute atomic E-state index is 13.3. The standard InChI is InChI=1S/C30H36N2O7S/c1-3-23-7-9-24(10-8-23)25-21-28(30(34)31-15-5-4-6-16-31)39-29(22-25)38-20-18-32(17-19-33)40(35,36)27-13-11-26(37-2)12-14-27/h1,7-14,21,25,29,33H,4-6,15-20,22H2,2H3/t25-,29+/m0/s1. The Morgan fingerprint density at radius 1 is 1.10 bits per heavy atom. The van der Waals surface area contributed by atoms with Crippen molar-refractivity contribution in [3.05, 3.63) is 71.5 Å². The van der Waals surface area contributed by atoms with Crippen molar-refractivity contribution < 1.29 is 32.5 Å². The van der Waals surface area contributed by atoms with Crippen LogP contribution in [-0.4, -0.2) is 81.4 Å². The molecular formula is C30H36N2O7S. The summed E-state index contributed by atoms with van der Waals surface area (Å²) in [6.07, 6.45) is 10.0. The molecule has 214 valence electrons. The molecule has 1 saturated heterocycles. The number of aliphatic hydroxyl groups is 1. The molecule has 0 aromatic heterocycles. The Bertz CT molecular complexity index is 1310. The first-order valence-electron chi connectivity index (χ1n) is 13.5. The van der Waals surface area contributed by atoms with Crippen molar-refractivity contribution in [2.45, 2.75) is 42.8 Å². The molecule has 2 aliphatic heterocycles. The molecule has 2 aromatic carbocycles. The van der Waals surface area contributed by atoms with Gasteiger partial charge in [-0.05, 0) is 67.3 Å². The minimum absolute atomic E-state index is 0.00453. The van der Waals surface area contributed by atoms with Gasteiger partial charge in [0.2, 0.25) is 16.3 Å². The van der Waals surface area contributed by atoms with Gasteiger partial charge in [0.15, 0.2) is 5.76 Å².